The molecule has 132 valence electrons. The molecular formula is C19H16ClN3O3. The zero-order valence-corrected chi connectivity index (χ0v) is 14.9. The van der Waals surface area contributed by atoms with E-state index in [1.807, 2.05) is 18.2 Å². The summed E-state index contributed by atoms with van der Waals surface area (Å²) in [6.45, 7) is 1.80. The Kier molecular flexibility index (Phi) is 5.04. The summed E-state index contributed by atoms with van der Waals surface area (Å²) in [5.74, 6) is -0.625. The predicted octanol–water partition coefficient (Wildman–Crippen LogP) is 3.28. The van der Waals surface area contributed by atoms with E-state index in [9.17, 15) is 9.59 Å². The van der Waals surface area contributed by atoms with Gasteiger partial charge in [-0.3, -0.25) is 25.4 Å². The average Bonchev–Trinajstić information content (AvgIpc) is 2.65. The summed E-state index contributed by atoms with van der Waals surface area (Å²) in [4.78, 5) is 29.3. The molecule has 2 aromatic carbocycles. The number of carbonyl (C=O) groups excluding carboxylic acids is 2. The molecule has 6 nitrogen and oxygen atoms in total. The number of nitrogens with zero attached hydrogens (tertiary/aromatic N) is 1. The second-order valence-corrected chi connectivity index (χ2v) is 6.02. The van der Waals surface area contributed by atoms with Crippen molar-refractivity contribution in [1.82, 2.24) is 15.8 Å². The monoisotopic (exact) mass is 369 g/mol. The third-order valence-corrected chi connectivity index (χ3v) is 4.02. The van der Waals surface area contributed by atoms with Gasteiger partial charge < -0.3 is 4.74 Å². The molecular weight excluding hydrogens is 354 g/mol. The van der Waals surface area contributed by atoms with Crippen LogP contribution in [0.1, 0.15) is 26.4 Å². The summed E-state index contributed by atoms with van der Waals surface area (Å²) in [7, 11) is 1.45. The smallest absolute Gasteiger partial charge is 0.273 e. The maximum Gasteiger partial charge on any atom is 0.273 e. The molecule has 0 aliphatic rings. The highest BCUT2D eigenvalue weighted by molar-refractivity contribution is 6.31. The minimum Gasteiger partial charge on any atom is -0.496 e. The number of rotatable bonds is 3. The Bertz CT molecular complexity index is 1000. The lowest BCUT2D eigenvalue weighted by molar-refractivity contribution is 0.0845. The van der Waals surface area contributed by atoms with E-state index < -0.39 is 11.8 Å². The van der Waals surface area contributed by atoms with Crippen LogP contribution >= 0.6 is 11.6 Å². The van der Waals surface area contributed by atoms with Crippen molar-refractivity contribution >= 4 is 34.3 Å². The Morgan fingerprint density at radius 3 is 2.42 bits per heavy atom. The van der Waals surface area contributed by atoms with Crippen molar-refractivity contribution in [2.75, 3.05) is 7.11 Å². The lowest BCUT2D eigenvalue weighted by Gasteiger charge is -2.12. The van der Waals surface area contributed by atoms with Crippen LogP contribution in [0, 0.1) is 6.92 Å². The molecule has 26 heavy (non-hydrogen) atoms. The number of benzene rings is 2. The van der Waals surface area contributed by atoms with Crippen molar-refractivity contribution in [2.45, 2.75) is 6.92 Å². The number of hydrazine groups is 1. The van der Waals surface area contributed by atoms with E-state index in [2.05, 4.69) is 15.8 Å². The number of para-hydroxylation sites is 1. The molecule has 3 aromatic rings. The average molecular weight is 370 g/mol. The molecule has 0 aliphatic carbocycles. The maximum absolute atomic E-state index is 12.6. The van der Waals surface area contributed by atoms with Gasteiger partial charge in [-0.05, 0) is 37.3 Å². The number of amides is 2. The number of carbonyl (C=O) groups is 2. The van der Waals surface area contributed by atoms with Crippen LogP contribution in [0.4, 0.5) is 0 Å². The molecule has 0 aliphatic heterocycles. The lowest BCUT2D eigenvalue weighted by Crippen LogP contribution is -2.41. The third-order valence-electron chi connectivity index (χ3n) is 3.78. The van der Waals surface area contributed by atoms with Gasteiger partial charge in [0.15, 0.2) is 0 Å². The van der Waals surface area contributed by atoms with Crippen molar-refractivity contribution in [3.8, 4) is 5.75 Å². The molecule has 2 N–H and O–H groups in total. The predicted molar refractivity (Wildman–Crippen MR) is 99.4 cm³/mol. The zero-order chi connectivity index (χ0) is 18.7. The van der Waals surface area contributed by atoms with Crippen molar-refractivity contribution < 1.29 is 14.3 Å². The molecule has 0 radical (unpaired) electrons. The first-order valence-corrected chi connectivity index (χ1v) is 8.18. The molecule has 1 heterocycles. The summed E-state index contributed by atoms with van der Waals surface area (Å²) >= 11 is 5.93. The Morgan fingerprint density at radius 2 is 1.69 bits per heavy atom. The minimum absolute atomic E-state index is 0.219. The summed E-state index contributed by atoms with van der Waals surface area (Å²) in [5, 5.41) is 1.09. The Morgan fingerprint density at radius 1 is 1.00 bits per heavy atom. The fourth-order valence-corrected chi connectivity index (χ4v) is 2.77. The number of pyridine rings is 1. The van der Waals surface area contributed by atoms with E-state index in [-0.39, 0.29) is 5.56 Å². The Labute approximate surface area is 155 Å². The zero-order valence-electron chi connectivity index (χ0n) is 14.2. The van der Waals surface area contributed by atoms with Gasteiger partial charge in [0.05, 0.1) is 23.8 Å². The van der Waals surface area contributed by atoms with E-state index in [0.29, 0.717) is 32.9 Å². The topological polar surface area (TPSA) is 80.3 Å². The normalized spacial score (nSPS) is 10.4. The van der Waals surface area contributed by atoms with Crippen LogP contribution in [0.15, 0.2) is 48.5 Å². The van der Waals surface area contributed by atoms with Gasteiger partial charge >= 0.3 is 0 Å². The van der Waals surface area contributed by atoms with Gasteiger partial charge in [-0.25, -0.2) is 0 Å². The second-order valence-electron chi connectivity index (χ2n) is 5.58. The largest absolute Gasteiger partial charge is 0.496 e. The molecule has 0 spiro atoms. The first kappa shape index (κ1) is 17.7. The number of hydrogen-bond donors (Lipinski definition) is 2. The van der Waals surface area contributed by atoms with E-state index in [4.69, 9.17) is 16.3 Å². The number of aryl methyl sites for hydroxylation is 1. The molecule has 0 saturated carbocycles. The SMILES string of the molecule is COc1ccc(Cl)cc1C(=O)NNC(=O)c1cc(C)nc2ccccc12. The van der Waals surface area contributed by atoms with E-state index in [1.54, 1.807) is 31.2 Å². The maximum atomic E-state index is 12.6. The minimum atomic E-state index is -0.534. The molecule has 0 bridgehead atoms. The first-order chi connectivity index (χ1) is 12.5. The van der Waals surface area contributed by atoms with Crippen LogP contribution in [-0.4, -0.2) is 23.9 Å². The highest BCUT2D eigenvalue weighted by Gasteiger charge is 2.16. The summed E-state index contributed by atoms with van der Waals surface area (Å²) < 4.78 is 5.15. The number of hydrogen-bond acceptors (Lipinski definition) is 4. The van der Waals surface area contributed by atoms with Crippen LogP contribution < -0.4 is 15.6 Å². The van der Waals surface area contributed by atoms with Crippen molar-refractivity contribution in [2.24, 2.45) is 0 Å². The second kappa shape index (κ2) is 7.41. The first-order valence-electron chi connectivity index (χ1n) is 7.80. The molecule has 3 rings (SSSR count). The van der Waals surface area contributed by atoms with Gasteiger partial charge in [0.25, 0.3) is 11.8 Å². The lowest BCUT2D eigenvalue weighted by atomic mass is 10.1. The van der Waals surface area contributed by atoms with Gasteiger partial charge in [-0.2, -0.15) is 0 Å². The summed E-state index contributed by atoms with van der Waals surface area (Å²) in [6.07, 6.45) is 0. The highest BCUT2D eigenvalue weighted by Crippen LogP contribution is 2.22. The molecule has 0 atom stereocenters. The fraction of sp³-hybridized carbons (Fsp3) is 0.105. The van der Waals surface area contributed by atoms with Crippen molar-refractivity contribution in [3.63, 3.8) is 0 Å². The standard InChI is InChI=1S/C19H16ClN3O3/c1-11-9-14(13-5-3-4-6-16(13)21-11)18(24)22-23-19(25)15-10-12(20)7-8-17(15)26-2/h3-10H,1-2H3,(H,22,24)(H,23,25). The molecule has 0 fully saturated rings. The fourth-order valence-electron chi connectivity index (χ4n) is 2.60. The van der Waals surface area contributed by atoms with Crippen LogP contribution in [-0.2, 0) is 0 Å². The van der Waals surface area contributed by atoms with Gasteiger partial charge in [0.1, 0.15) is 5.75 Å². The van der Waals surface area contributed by atoms with Gasteiger partial charge in [-0.15, -0.1) is 0 Å². The quantitative estimate of drug-likeness (QED) is 0.694. The number of nitrogens with one attached hydrogen (secondary N) is 2. The van der Waals surface area contributed by atoms with Gasteiger partial charge in [0.2, 0.25) is 0 Å². The third kappa shape index (κ3) is 3.60. The van der Waals surface area contributed by atoms with Crippen molar-refractivity contribution in [1.29, 1.82) is 0 Å². The molecule has 2 amide bonds. The van der Waals surface area contributed by atoms with Crippen molar-refractivity contribution in [3.05, 3.63) is 70.4 Å². The number of fused-ring (bicyclic) bond motifs is 1. The molecule has 0 unspecified atom stereocenters. The highest BCUT2D eigenvalue weighted by atomic mass is 35.5. The molecule has 0 saturated heterocycles. The summed E-state index contributed by atoms with van der Waals surface area (Å²) in [6, 6.07) is 13.6. The number of methoxy groups -OCH3 is 1. The van der Waals surface area contributed by atoms with Gasteiger partial charge in [-0.1, -0.05) is 29.8 Å². The number of ether oxygens (including phenoxy) is 1. The Hall–Kier alpha value is -3.12. The van der Waals surface area contributed by atoms with Crippen LogP contribution in [0.3, 0.4) is 0 Å². The number of halogens is 1. The Balaban J connectivity index is 1.82. The molecule has 1 aromatic heterocycles. The summed E-state index contributed by atoms with van der Waals surface area (Å²) in [5.41, 5.74) is 6.86. The number of aromatic nitrogens is 1. The van der Waals surface area contributed by atoms with Crippen LogP contribution in [0.5, 0.6) is 5.75 Å². The van der Waals surface area contributed by atoms with E-state index in [1.165, 1.54) is 13.2 Å². The van der Waals surface area contributed by atoms with Crippen LogP contribution in [0.2, 0.25) is 5.02 Å². The van der Waals surface area contributed by atoms with Gasteiger partial charge in [0, 0.05) is 16.1 Å². The van der Waals surface area contributed by atoms with E-state index >= 15 is 0 Å². The molecule has 7 heteroatoms. The van der Waals surface area contributed by atoms with E-state index in [0.717, 1.165) is 0 Å². The van der Waals surface area contributed by atoms with Crippen LogP contribution in [0.25, 0.3) is 10.9 Å².